The number of rotatable bonds is 5. The number of carbonyl (C=O) groups is 1. The number of carboxylic acid groups (broad SMARTS) is 1. The van der Waals surface area contributed by atoms with Gasteiger partial charge in [0, 0.05) is 34.5 Å². The summed E-state index contributed by atoms with van der Waals surface area (Å²) in [6.07, 6.45) is 1.27. The summed E-state index contributed by atoms with van der Waals surface area (Å²) in [5, 5.41) is 9.86. The minimum atomic E-state index is -0.842. The summed E-state index contributed by atoms with van der Waals surface area (Å²) in [6, 6.07) is 16.6. The van der Waals surface area contributed by atoms with E-state index in [-0.39, 0.29) is 23.8 Å². The van der Waals surface area contributed by atoms with Gasteiger partial charge in [0.15, 0.2) is 0 Å². The van der Waals surface area contributed by atoms with Gasteiger partial charge in [-0.05, 0) is 71.8 Å². The number of halogens is 3. The van der Waals surface area contributed by atoms with Gasteiger partial charge in [-0.2, -0.15) is 0 Å². The van der Waals surface area contributed by atoms with E-state index in [9.17, 15) is 9.18 Å². The van der Waals surface area contributed by atoms with Gasteiger partial charge in [0.25, 0.3) is 0 Å². The summed E-state index contributed by atoms with van der Waals surface area (Å²) >= 11 is 1.54. The average Bonchev–Trinajstić information content (AvgIpc) is 3.24. The highest BCUT2D eigenvalue weighted by molar-refractivity contribution is 7.22. The number of fused-ring (bicyclic) bond motifs is 1. The molecule has 4 aromatic rings. The van der Waals surface area contributed by atoms with E-state index in [4.69, 9.17) is 5.11 Å². The van der Waals surface area contributed by atoms with E-state index in [1.165, 1.54) is 24.3 Å². The smallest absolute Gasteiger partial charge is 0.303 e. The van der Waals surface area contributed by atoms with E-state index in [1.54, 1.807) is 28.4 Å². The third-order valence-electron chi connectivity index (χ3n) is 6.41. The van der Waals surface area contributed by atoms with Gasteiger partial charge < -0.3 is 10.0 Å². The number of carboxylic acids is 1. The van der Waals surface area contributed by atoms with Crippen LogP contribution in [0.5, 0.6) is 0 Å². The van der Waals surface area contributed by atoms with Crippen LogP contribution in [0.4, 0.5) is 18.9 Å². The van der Waals surface area contributed by atoms with E-state index in [0.29, 0.717) is 31.5 Å². The Balaban J connectivity index is 1.46. The number of anilines is 1. The molecule has 5 rings (SSSR count). The number of aliphatic carboxylic acids is 1. The molecule has 2 heterocycles. The first-order valence-electron chi connectivity index (χ1n) is 11.1. The van der Waals surface area contributed by atoms with E-state index in [1.807, 2.05) is 24.3 Å². The fourth-order valence-corrected chi connectivity index (χ4v) is 5.79. The topological polar surface area (TPSA) is 40.5 Å². The molecule has 174 valence electrons. The van der Waals surface area contributed by atoms with Crippen LogP contribution in [0, 0.1) is 23.4 Å². The van der Waals surface area contributed by atoms with Gasteiger partial charge in [0.2, 0.25) is 0 Å². The molecule has 3 aromatic carbocycles. The van der Waals surface area contributed by atoms with Crippen LogP contribution in [0.1, 0.15) is 19.3 Å². The summed E-state index contributed by atoms with van der Waals surface area (Å²) in [7, 11) is 0. The van der Waals surface area contributed by atoms with Gasteiger partial charge in [0.1, 0.15) is 23.1 Å². The first-order chi connectivity index (χ1) is 16.4. The number of piperidine rings is 1. The lowest BCUT2D eigenvalue weighted by Gasteiger charge is -2.33. The van der Waals surface area contributed by atoms with Crippen LogP contribution in [-0.2, 0) is 4.79 Å². The van der Waals surface area contributed by atoms with E-state index in [0.717, 1.165) is 26.1 Å². The molecule has 0 atom stereocenters. The van der Waals surface area contributed by atoms with Crippen molar-refractivity contribution in [3.8, 4) is 21.6 Å². The Kier molecular flexibility index (Phi) is 6.04. The Morgan fingerprint density at radius 3 is 2.26 bits per heavy atom. The molecule has 7 heteroatoms. The third-order valence-corrected chi connectivity index (χ3v) is 7.56. The predicted molar refractivity (Wildman–Crippen MR) is 130 cm³/mol. The first-order valence-corrected chi connectivity index (χ1v) is 12.0. The summed E-state index contributed by atoms with van der Waals surface area (Å²) in [4.78, 5) is 13.6. The van der Waals surface area contributed by atoms with Gasteiger partial charge in [-0.15, -0.1) is 11.3 Å². The molecule has 0 spiro atoms. The normalized spacial score (nSPS) is 14.6. The maximum absolute atomic E-state index is 15.2. The zero-order valence-electron chi connectivity index (χ0n) is 18.2. The lowest BCUT2D eigenvalue weighted by atomic mass is 9.93. The largest absolute Gasteiger partial charge is 0.481 e. The van der Waals surface area contributed by atoms with Crippen molar-refractivity contribution in [1.82, 2.24) is 0 Å². The summed E-state index contributed by atoms with van der Waals surface area (Å²) in [5.74, 6) is -2.37. The molecule has 1 aliphatic rings. The highest BCUT2D eigenvalue weighted by Gasteiger charge is 2.26. The van der Waals surface area contributed by atoms with Gasteiger partial charge in [-0.3, -0.25) is 4.79 Å². The van der Waals surface area contributed by atoms with Crippen LogP contribution >= 0.6 is 11.3 Å². The minimum Gasteiger partial charge on any atom is -0.481 e. The molecule has 34 heavy (non-hydrogen) atoms. The highest BCUT2D eigenvalue weighted by Crippen LogP contribution is 2.40. The van der Waals surface area contributed by atoms with Crippen LogP contribution in [0.25, 0.3) is 31.7 Å². The van der Waals surface area contributed by atoms with Crippen LogP contribution in [0.2, 0.25) is 0 Å². The Morgan fingerprint density at radius 2 is 1.62 bits per heavy atom. The van der Waals surface area contributed by atoms with Gasteiger partial charge in [-0.1, -0.05) is 24.3 Å². The molecule has 1 aliphatic heterocycles. The van der Waals surface area contributed by atoms with Gasteiger partial charge in [0.05, 0.1) is 0 Å². The molecule has 0 amide bonds. The molecule has 1 fully saturated rings. The fourth-order valence-electron chi connectivity index (χ4n) is 4.70. The van der Waals surface area contributed by atoms with E-state index < -0.39 is 17.6 Å². The van der Waals surface area contributed by atoms with Crippen molar-refractivity contribution in [2.45, 2.75) is 19.3 Å². The van der Waals surface area contributed by atoms with Crippen molar-refractivity contribution in [1.29, 1.82) is 0 Å². The lowest BCUT2D eigenvalue weighted by molar-refractivity contribution is -0.138. The Morgan fingerprint density at radius 1 is 0.941 bits per heavy atom. The summed E-state index contributed by atoms with van der Waals surface area (Å²) in [5.41, 5.74) is 2.01. The zero-order chi connectivity index (χ0) is 23.8. The molecule has 0 aliphatic carbocycles. The molecule has 3 nitrogen and oxygen atoms in total. The summed E-state index contributed by atoms with van der Waals surface area (Å²) in [6.45, 7) is 0.846. The van der Waals surface area contributed by atoms with Crippen LogP contribution < -0.4 is 4.90 Å². The Hall–Kier alpha value is -3.32. The van der Waals surface area contributed by atoms with Crippen molar-refractivity contribution in [3.05, 3.63) is 78.1 Å². The molecule has 0 saturated carbocycles. The second kappa shape index (κ2) is 9.14. The Bertz CT molecular complexity index is 1340. The SMILES string of the molecule is O=C(O)CC1CCN(c2c(F)cc(-c3cccc4sc(-c5ccc(F)cc5)cc34)cc2F)CC1. The molecular formula is C27H22F3NO2S. The second-order valence-electron chi connectivity index (χ2n) is 8.65. The molecule has 1 saturated heterocycles. The Labute approximate surface area is 199 Å². The van der Waals surface area contributed by atoms with Crippen molar-refractivity contribution >= 4 is 33.1 Å². The molecule has 1 aromatic heterocycles. The quantitative estimate of drug-likeness (QED) is 0.324. The number of hydrogen-bond donors (Lipinski definition) is 1. The minimum absolute atomic E-state index is 0.0330. The van der Waals surface area contributed by atoms with E-state index >= 15 is 8.78 Å². The summed E-state index contributed by atoms with van der Waals surface area (Å²) < 4.78 is 44.7. The monoisotopic (exact) mass is 481 g/mol. The number of benzene rings is 3. The average molecular weight is 482 g/mol. The number of hydrogen-bond acceptors (Lipinski definition) is 3. The van der Waals surface area contributed by atoms with Crippen LogP contribution in [0.3, 0.4) is 0 Å². The predicted octanol–water partition coefficient (Wildman–Crippen LogP) is 7.34. The maximum Gasteiger partial charge on any atom is 0.303 e. The van der Waals surface area contributed by atoms with Crippen LogP contribution in [0.15, 0.2) is 60.7 Å². The lowest BCUT2D eigenvalue weighted by Crippen LogP contribution is -2.35. The molecule has 0 unspecified atom stereocenters. The first kappa shape index (κ1) is 22.5. The van der Waals surface area contributed by atoms with Crippen molar-refractivity contribution in [2.24, 2.45) is 5.92 Å². The van der Waals surface area contributed by atoms with Gasteiger partial charge >= 0.3 is 5.97 Å². The molecule has 0 radical (unpaired) electrons. The molecule has 1 N–H and O–H groups in total. The highest BCUT2D eigenvalue weighted by atomic mass is 32.1. The standard InChI is InChI=1S/C27H22F3NO2S/c28-19-6-4-17(5-7-19)25-15-21-20(2-1-3-24(21)34-25)18-13-22(29)27(23(30)14-18)31-10-8-16(9-11-31)12-26(32)33/h1-7,13-16H,8-12H2,(H,32,33). The molecule has 0 bridgehead atoms. The van der Waals surface area contributed by atoms with Crippen molar-refractivity contribution < 1.29 is 23.1 Å². The third kappa shape index (κ3) is 4.40. The van der Waals surface area contributed by atoms with Crippen molar-refractivity contribution in [3.63, 3.8) is 0 Å². The zero-order valence-corrected chi connectivity index (χ0v) is 19.0. The van der Waals surface area contributed by atoms with Gasteiger partial charge in [-0.25, -0.2) is 13.2 Å². The fraction of sp³-hybridized carbons (Fsp3) is 0.222. The maximum atomic E-state index is 15.2. The number of nitrogens with zero attached hydrogens (tertiary/aromatic N) is 1. The second-order valence-corrected chi connectivity index (χ2v) is 9.74. The number of thiophene rings is 1. The van der Waals surface area contributed by atoms with Crippen molar-refractivity contribution in [2.75, 3.05) is 18.0 Å². The van der Waals surface area contributed by atoms with E-state index in [2.05, 4.69) is 0 Å². The molecular weight excluding hydrogens is 459 g/mol. The van der Waals surface area contributed by atoms with Crippen LogP contribution in [-0.4, -0.2) is 24.2 Å².